The summed E-state index contributed by atoms with van der Waals surface area (Å²) in [5, 5.41) is 10.5. The van der Waals surface area contributed by atoms with Crippen LogP contribution in [0.1, 0.15) is 63.2 Å². The fraction of sp³-hybridized carbons (Fsp3) is 0.579. The van der Waals surface area contributed by atoms with Gasteiger partial charge in [0.15, 0.2) is 5.78 Å². The minimum atomic E-state index is -0.721. The van der Waals surface area contributed by atoms with Gasteiger partial charge in [0.05, 0.1) is 19.4 Å². The molecule has 0 aromatic carbocycles. The van der Waals surface area contributed by atoms with Gasteiger partial charge in [0.1, 0.15) is 22.6 Å². The fourth-order valence-electron chi connectivity index (χ4n) is 2.28. The van der Waals surface area contributed by atoms with E-state index in [0.717, 1.165) is 0 Å². The van der Waals surface area contributed by atoms with Gasteiger partial charge < -0.3 is 20.3 Å². The normalized spacial score (nSPS) is 11.0. The monoisotopic (exact) mass is 452 g/mol. The third kappa shape index (κ3) is 9.92. The number of hydrogen-bond donors (Lipinski definition) is 2. The summed E-state index contributed by atoms with van der Waals surface area (Å²) >= 11 is 0. The molecule has 0 fully saturated rings. The quantitative estimate of drug-likeness (QED) is 0.497. The van der Waals surface area contributed by atoms with Crippen LogP contribution >= 0.6 is 24.8 Å². The van der Waals surface area contributed by atoms with Gasteiger partial charge in [0.25, 0.3) is 0 Å². The van der Waals surface area contributed by atoms with Crippen LogP contribution in [0.5, 0.6) is 5.75 Å². The van der Waals surface area contributed by atoms with Gasteiger partial charge in [0.2, 0.25) is 0 Å². The Morgan fingerprint density at radius 1 is 0.966 bits per heavy atom. The average molecular weight is 453 g/mol. The van der Waals surface area contributed by atoms with Crippen LogP contribution < -0.4 is 5.73 Å². The highest BCUT2D eigenvalue weighted by Gasteiger charge is 2.25. The van der Waals surface area contributed by atoms with Gasteiger partial charge in [-0.3, -0.25) is 14.4 Å². The van der Waals surface area contributed by atoms with Crippen molar-refractivity contribution in [3.05, 3.63) is 23.0 Å². The van der Waals surface area contributed by atoms with Crippen LogP contribution in [0.4, 0.5) is 0 Å². The van der Waals surface area contributed by atoms with E-state index < -0.39 is 34.7 Å². The Hall–Kier alpha value is -1.90. The number of nitrogens with two attached hydrogens (primary N) is 1. The molecule has 0 saturated carbocycles. The second-order valence-corrected chi connectivity index (χ2v) is 8.11. The van der Waals surface area contributed by atoms with Crippen LogP contribution in [-0.2, 0) is 31.9 Å². The molecule has 1 rings (SSSR count). The first-order valence-corrected chi connectivity index (χ1v) is 8.60. The Bertz CT molecular complexity index is 739. The van der Waals surface area contributed by atoms with Gasteiger partial charge in [-0.25, -0.2) is 4.98 Å². The number of carbonyl (C=O) groups excluding carboxylic acids is 3. The summed E-state index contributed by atoms with van der Waals surface area (Å²) in [6.07, 6.45) is 0.730. The predicted octanol–water partition coefficient (Wildman–Crippen LogP) is 2.54. The van der Waals surface area contributed by atoms with Crippen LogP contribution in [0.15, 0.2) is 6.20 Å². The molecule has 0 amide bonds. The zero-order valence-corrected chi connectivity index (χ0v) is 19.2. The number of esters is 2. The van der Waals surface area contributed by atoms with Crippen molar-refractivity contribution in [2.45, 2.75) is 65.6 Å². The van der Waals surface area contributed by atoms with E-state index in [0.29, 0.717) is 0 Å². The van der Waals surface area contributed by atoms with Crippen molar-refractivity contribution in [1.29, 1.82) is 0 Å². The van der Waals surface area contributed by atoms with E-state index in [1.807, 2.05) is 0 Å². The number of pyridine rings is 1. The molecule has 0 radical (unpaired) electrons. The molecule has 0 aliphatic heterocycles. The van der Waals surface area contributed by atoms with Gasteiger partial charge in [0, 0.05) is 11.8 Å². The van der Waals surface area contributed by atoms with E-state index in [-0.39, 0.29) is 61.0 Å². The van der Waals surface area contributed by atoms with Crippen molar-refractivity contribution < 1.29 is 29.0 Å². The standard InChI is InChI=1S/C19H28N2O6.2ClH/c1-18(2,3)26-14(23)7-11-10-21-16(13(22)9-20)17(25)12(11)8-15(24)27-19(4,5)6;;/h10,25H,7-9,20H2,1-6H3;2*1H. The topological polar surface area (TPSA) is 129 Å². The molecule has 166 valence electrons. The molecule has 8 nitrogen and oxygen atoms in total. The van der Waals surface area contributed by atoms with Gasteiger partial charge in [-0.1, -0.05) is 0 Å². The van der Waals surface area contributed by atoms with Crippen molar-refractivity contribution in [1.82, 2.24) is 4.98 Å². The molecule has 1 aromatic heterocycles. The van der Waals surface area contributed by atoms with Crippen LogP contribution in [0.2, 0.25) is 0 Å². The first-order valence-electron chi connectivity index (χ1n) is 8.60. The maximum Gasteiger partial charge on any atom is 0.310 e. The van der Waals surface area contributed by atoms with Crippen LogP contribution in [-0.4, -0.2) is 45.6 Å². The van der Waals surface area contributed by atoms with Crippen molar-refractivity contribution in [3.63, 3.8) is 0 Å². The zero-order chi connectivity index (χ0) is 21.0. The lowest BCUT2D eigenvalue weighted by Gasteiger charge is -2.21. The molecular weight excluding hydrogens is 423 g/mol. The van der Waals surface area contributed by atoms with E-state index in [1.165, 1.54) is 6.20 Å². The molecule has 0 aliphatic carbocycles. The van der Waals surface area contributed by atoms with Gasteiger partial charge in [-0.2, -0.15) is 0 Å². The van der Waals surface area contributed by atoms with E-state index >= 15 is 0 Å². The van der Waals surface area contributed by atoms with Crippen molar-refractivity contribution >= 4 is 42.5 Å². The maximum absolute atomic E-state index is 12.2. The first-order chi connectivity index (χ1) is 12.2. The van der Waals surface area contributed by atoms with Crippen LogP contribution in [0.3, 0.4) is 0 Å². The highest BCUT2D eigenvalue weighted by atomic mass is 35.5. The number of aromatic nitrogens is 1. The Labute approximate surface area is 183 Å². The highest BCUT2D eigenvalue weighted by Crippen LogP contribution is 2.27. The summed E-state index contributed by atoms with van der Waals surface area (Å²) < 4.78 is 10.5. The second-order valence-electron chi connectivity index (χ2n) is 8.11. The third-order valence-electron chi connectivity index (χ3n) is 3.19. The summed E-state index contributed by atoms with van der Waals surface area (Å²) in [6, 6.07) is 0. The minimum Gasteiger partial charge on any atom is -0.505 e. The molecule has 29 heavy (non-hydrogen) atoms. The van der Waals surface area contributed by atoms with E-state index in [1.54, 1.807) is 41.5 Å². The van der Waals surface area contributed by atoms with Crippen molar-refractivity contribution in [2.75, 3.05) is 6.54 Å². The first kappa shape index (κ1) is 29.3. The molecule has 3 N–H and O–H groups in total. The molecule has 0 atom stereocenters. The lowest BCUT2D eigenvalue weighted by molar-refractivity contribution is -0.155. The molecule has 1 heterocycles. The number of nitrogens with zero attached hydrogens (tertiary/aromatic N) is 1. The lowest BCUT2D eigenvalue weighted by Crippen LogP contribution is -2.27. The summed E-state index contributed by atoms with van der Waals surface area (Å²) in [6.45, 7) is 9.96. The number of ketones is 1. The number of halogens is 2. The highest BCUT2D eigenvalue weighted by molar-refractivity contribution is 5.99. The smallest absolute Gasteiger partial charge is 0.310 e. The van der Waals surface area contributed by atoms with Crippen molar-refractivity contribution in [2.24, 2.45) is 5.73 Å². The number of carbonyl (C=O) groups is 3. The zero-order valence-electron chi connectivity index (χ0n) is 17.5. The van der Waals surface area contributed by atoms with Gasteiger partial charge in [-0.05, 0) is 47.1 Å². The Balaban J connectivity index is 0. The van der Waals surface area contributed by atoms with E-state index in [4.69, 9.17) is 15.2 Å². The molecule has 0 saturated heterocycles. The molecule has 1 aromatic rings. The SMILES string of the molecule is CC(C)(C)OC(=O)Cc1cnc(C(=O)CN)c(O)c1CC(=O)OC(C)(C)C.Cl.Cl. The Kier molecular flexibility index (Phi) is 11.4. The Morgan fingerprint density at radius 3 is 1.83 bits per heavy atom. The molecule has 10 heteroatoms. The number of hydrogen-bond acceptors (Lipinski definition) is 8. The van der Waals surface area contributed by atoms with Crippen LogP contribution in [0, 0.1) is 0 Å². The van der Waals surface area contributed by atoms with Crippen LogP contribution in [0.25, 0.3) is 0 Å². The number of aromatic hydroxyl groups is 1. The third-order valence-corrected chi connectivity index (χ3v) is 3.19. The van der Waals surface area contributed by atoms with Gasteiger partial charge in [-0.15, -0.1) is 24.8 Å². The summed E-state index contributed by atoms with van der Waals surface area (Å²) in [5.74, 6) is -2.22. The molecule has 0 bridgehead atoms. The minimum absolute atomic E-state index is 0. The number of ether oxygens (including phenoxy) is 2. The molecule has 0 aliphatic rings. The fourth-order valence-corrected chi connectivity index (χ4v) is 2.28. The number of Topliss-reactive ketones (excluding diaryl/α,β-unsaturated/α-hetero) is 1. The van der Waals surface area contributed by atoms with Crippen molar-refractivity contribution in [3.8, 4) is 5.75 Å². The lowest BCUT2D eigenvalue weighted by atomic mass is 10.00. The maximum atomic E-state index is 12.2. The van der Waals surface area contributed by atoms with E-state index in [2.05, 4.69) is 4.98 Å². The summed E-state index contributed by atoms with van der Waals surface area (Å²) in [7, 11) is 0. The molecule has 0 spiro atoms. The second kappa shape index (κ2) is 11.3. The number of rotatable bonds is 6. The Morgan fingerprint density at radius 2 is 1.41 bits per heavy atom. The molecule has 0 unspecified atom stereocenters. The van der Waals surface area contributed by atoms with Gasteiger partial charge >= 0.3 is 11.9 Å². The summed E-state index contributed by atoms with van der Waals surface area (Å²) in [5.41, 5.74) is 4.05. The largest absolute Gasteiger partial charge is 0.505 e. The van der Waals surface area contributed by atoms with E-state index in [9.17, 15) is 19.5 Å². The molecular formula is C19H30Cl2N2O6. The predicted molar refractivity (Wildman–Crippen MR) is 113 cm³/mol. The summed E-state index contributed by atoms with van der Waals surface area (Å²) in [4.78, 5) is 40.1. The average Bonchev–Trinajstić information content (AvgIpc) is 2.46.